The van der Waals surface area contributed by atoms with E-state index >= 15 is 0 Å². The molecule has 1 amide bonds. The van der Waals surface area contributed by atoms with Crippen LogP contribution in [-0.4, -0.2) is 21.2 Å². The van der Waals surface area contributed by atoms with Crippen molar-refractivity contribution in [3.63, 3.8) is 0 Å². The molecule has 1 aromatic carbocycles. The van der Waals surface area contributed by atoms with Crippen LogP contribution in [0.15, 0.2) is 45.7 Å². The quantitative estimate of drug-likeness (QED) is 0.501. The summed E-state index contributed by atoms with van der Waals surface area (Å²) in [5.74, 6) is 0.0898. The van der Waals surface area contributed by atoms with Crippen molar-refractivity contribution in [1.82, 2.24) is 9.55 Å². The fraction of sp³-hybridized carbons (Fsp3) is 0.316. The third-order valence-corrected chi connectivity index (χ3v) is 6.11. The van der Waals surface area contributed by atoms with E-state index in [4.69, 9.17) is 0 Å². The van der Waals surface area contributed by atoms with Crippen LogP contribution < -0.4 is 10.9 Å². The molecular weight excluding hydrogens is 366 g/mol. The van der Waals surface area contributed by atoms with Crippen molar-refractivity contribution in [2.45, 2.75) is 38.4 Å². The van der Waals surface area contributed by atoms with Crippen molar-refractivity contribution >= 4 is 44.9 Å². The smallest absolute Gasteiger partial charge is 0.272 e. The lowest BCUT2D eigenvalue weighted by molar-refractivity contribution is -0.113. The second-order valence-corrected chi connectivity index (χ2v) is 7.97. The van der Waals surface area contributed by atoms with Gasteiger partial charge in [-0.1, -0.05) is 36.9 Å². The number of rotatable bonds is 6. The van der Waals surface area contributed by atoms with Crippen molar-refractivity contribution in [2.75, 3.05) is 11.1 Å². The van der Waals surface area contributed by atoms with E-state index in [-0.39, 0.29) is 23.3 Å². The number of amides is 1. The number of nitrogens with zero attached hydrogens (tertiary/aromatic N) is 2. The molecule has 0 aliphatic heterocycles. The van der Waals surface area contributed by atoms with Gasteiger partial charge in [0.05, 0.1) is 11.3 Å². The fourth-order valence-corrected chi connectivity index (χ4v) is 4.27. The normalized spacial score (nSPS) is 12.3. The van der Waals surface area contributed by atoms with Gasteiger partial charge in [0, 0.05) is 11.7 Å². The standard InChI is InChI=1S/C19H21N3O2S2/c1-4-13(3)22-18(24)17-15(9-10-25-17)21-19(22)26-11-16(23)20-14-8-6-5-7-12(14)2/h5-10,13H,4,11H2,1-3H3,(H,20,23)/t13-/m0/s1. The predicted octanol–water partition coefficient (Wildman–Crippen LogP) is 4.47. The van der Waals surface area contributed by atoms with E-state index < -0.39 is 0 Å². The second-order valence-electron chi connectivity index (χ2n) is 6.11. The Balaban J connectivity index is 1.83. The number of aromatic nitrogens is 2. The van der Waals surface area contributed by atoms with Gasteiger partial charge in [-0.15, -0.1) is 11.3 Å². The Morgan fingerprint density at radius 1 is 1.35 bits per heavy atom. The van der Waals surface area contributed by atoms with Crippen LogP contribution in [0.25, 0.3) is 10.2 Å². The first-order chi connectivity index (χ1) is 12.5. The van der Waals surface area contributed by atoms with Gasteiger partial charge in [0.1, 0.15) is 4.70 Å². The number of carbonyl (C=O) groups is 1. The zero-order valence-corrected chi connectivity index (χ0v) is 16.6. The maximum Gasteiger partial charge on any atom is 0.272 e. The van der Waals surface area contributed by atoms with E-state index in [1.165, 1.54) is 23.1 Å². The highest BCUT2D eigenvalue weighted by Gasteiger charge is 2.17. The van der Waals surface area contributed by atoms with Crippen LogP contribution >= 0.6 is 23.1 Å². The van der Waals surface area contributed by atoms with Gasteiger partial charge in [-0.05, 0) is 43.3 Å². The first-order valence-electron chi connectivity index (χ1n) is 8.49. The molecule has 0 unspecified atom stereocenters. The summed E-state index contributed by atoms with van der Waals surface area (Å²) in [6, 6.07) is 9.54. The highest BCUT2D eigenvalue weighted by Crippen LogP contribution is 2.24. The number of thioether (sulfide) groups is 1. The summed E-state index contributed by atoms with van der Waals surface area (Å²) < 4.78 is 2.38. The third kappa shape index (κ3) is 3.83. The minimum atomic E-state index is -0.111. The van der Waals surface area contributed by atoms with E-state index in [0.29, 0.717) is 15.4 Å². The average Bonchev–Trinajstić information content (AvgIpc) is 3.10. The Labute approximate surface area is 160 Å². The number of hydrogen-bond donors (Lipinski definition) is 1. The number of para-hydroxylation sites is 1. The molecule has 0 saturated heterocycles. The number of thiophene rings is 1. The molecule has 0 aliphatic carbocycles. The zero-order chi connectivity index (χ0) is 18.7. The first-order valence-corrected chi connectivity index (χ1v) is 10.4. The van der Waals surface area contributed by atoms with Gasteiger partial charge in [-0.3, -0.25) is 14.2 Å². The molecule has 5 nitrogen and oxygen atoms in total. The highest BCUT2D eigenvalue weighted by molar-refractivity contribution is 7.99. The molecule has 136 valence electrons. The molecule has 2 heterocycles. The molecule has 0 radical (unpaired) electrons. The van der Waals surface area contributed by atoms with Crippen LogP contribution in [0.1, 0.15) is 31.9 Å². The van der Waals surface area contributed by atoms with Gasteiger partial charge in [0.15, 0.2) is 5.16 Å². The molecule has 2 aromatic heterocycles. The van der Waals surface area contributed by atoms with Crippen molar-refractivity contribution < 1.29 is 4.79 Å². The third-order valence-electron chi connectivity index (χ3n) is 4.26. The molecular formula is C19H21N3O2S2. The molecule has 0 bridgehead atoms. The Morgan fingerprint density at radius 3 is 2.85 bits per heavy atom. The molecule has 3 aromatic rings. The van der Waals surface area contributed by atoms with Gasteiger partial charge in [0.2, 0.25) is 5.91 Å². The van der Waals surface area contributed by atoms with Crippen LogP contribution in [0, 0.1) is 6.92 Å². The summed E-state index contributed by atoms with van der Waals surface area (Å²) in [4.78, 5) is 29.8. The van der Waals surface area contributed by atoms with Gasteiger partial charge < -0.3 is 5.32 Å². The van der Waals surface area contributed by atoms with Gasteiger partial charge in [-0.2, -0.15) is 0 Å². The largest absolute Gasteiger partial charge is 0.325 e. The second kappa shape index (κ2) is 8.05. The molecule has 26 heavy (non-hydrogen) atoms. The van der Waals surface area contributed by atoms with Crippen molar-refractivity contribution in [2.24, 2.45) is 0 Å². The Kier molecular flexibility index (Phi) is 5.78. The van der Waals surface area contributed by atoms with E-state index in [1.54, 1.807) is 4.57 Å². The van der Waals surface area contributed by atoms with E-state index in [2.05, 4.69) is 10.3 Å². The van der Waals surface area contributed by atoms with Gasteiger partial charge in [0.25, 0.3) is 5.56 Å². The summed E-state index contributed by atoms with van der Waals surface area (Å²) in [5.41, 5.74) is 2.49. The number of benzene rings is 1. The zero-order valence-electron chi connectivity index (χ0n) is 15.0. The molecule has 1 atom stereocenters. The minimum absolute atomic E-state index is 0.0267. The van der Waals surface area contributed by atoms with Crippen LogP contribution in [0.5, 0.6) is 0 Å². The Morgan fingerprint density at radius 2 is 2.12 bits per heavy atom. The molecule has 0 fully saturated rings. The SMILES string of the molecule is CC[C@H](C)n1c(SCC(=O)Nc2ccccc2C)nc2ccsc2c1=O. The van der Waals surface area contributed by atoms with Gasteiger partial charge in [-0.25, -0.2) is 4.98 Å². The summed E-state index contributed by atoms with van der Waals surface area (Å²) in [6.45, 7) is 5.99. The Bertz CT molecular complexity index is 994. The topological polar surface area (TPSA) is 64.0 Å². The van der Waals surface area contributed by atoms with Crippen LogP contribution in [0.4, 0.5) is 5.69 Å². The highest BCUT2D eigenvalue weighted by atomic mass is 32.2. The Hall–Kier alpha value is -2.12. The summed E-state index contributed by atoms with van der Waals surface area (Å²) >= 11 is 2.71. The number of nitrogens with one attached hydrogen (secondary N) is 1. The summed E-state index contributed by atoms with van der Waals surface area (Å²) in [6.07, 6.45) is 0.821. The maximum atomic E-state index is 12.8. The number of hydrogen-bond acceptors (Lipinski definition) is 5. The molecule has 0 spiro atoms. The first kappa shape index (κ1) is 18.7. The van der Waals surface area contributed by atoms with Crippen molar-refractivity contribution in [3.05, 3.63) is 51.6 Å². The molecule has 3 rings (SSSR count). The lowest BCUT2D eigenvalue weighted by Gasteiger charge is -2.17. The summed E-state index contributed by atoms with van der Waals surface area (Å²) in [7, 11) is 0. The van der Waals surface area contributed by atoms with E-state index in [0.717, 1.165) is 17.7 Å². The monoisotopic (exact) mass is 387 g/mol. The molecule has 0 aliphatic rings. The lowest BCUT2D eigenvalue weighted by Crippen LogP contribution is -2.26. The summed E-state index contributed by atoms with van der Waals surface area (Å²) in [5, 5.41) is 5.38. The fourth-order valence-electron chi connectivity index (χ4n) is 2.61. The number of fused-ring (bicyclic) bond motifs is 1. The predicted molar refractivity (Wildman–Crippen MR) is 109 cm³/mol. The number of anilines is 1. The molecule has 7 heteroatoms. The number of carbonyl (C=O) groups excluding carboxylic acids is 1. The van der Waals surface area contributed by atoms with E-state index in [9.17, 15) is 9.59 Å². The maximum absolute atomic E-state index is 12.8. The van der Waals surface area contributed by atoms with E-state index in [1.807, 2.05) is 56.5 Å². The van der Waals surface area contributed by atoms with Gasteiger partial charge >= 0.3 is 0 Å². The van der Waals surface area contributed by atoms with Crippen LogP contribution in [0.3, 0.4) is 0 Å². The van der Waals surface area contributed by atoms with Crippen molar-refractivity contribution in [1.29, 1.82) is 0 Å². The average molecular weight is 388 g/mol. The lowest BCUT2D eigenvalue weighted by atomic mass is 10.2. The van der Waals surface area contributed by atoms with Crippen LogP contribution in [0.2, 0.25) is 0 Å². The molecule has 0 saturated carbocycles. The number of aryl methyl sites for hydroxylation is 1. The van der Waals surface area contributed by atoms with Crippen molar-refractivity contribution in [3.8, 4) is 0 Å². The molecule has 1 N–H and O–H groups in total. The minimum Gasteiger partial charge on any atom is -0.325 e. The van der Waals surface area contributed by atoms with Crippen LogP contribution in [-0.2, 0) is 4.79 Å².